The molecule has 2 nitrogen and oxygen atoms in total. The van der Waals surface area contributed by atoms with E-state index >= 15 is 0 Å². The summed E-state index contributed by atoms with van der Waals surface area (Å²) in [5.74, 6) is 0.904. The molecule has 1 unspecified atom stereocenters. The van der Waals surface area contributed by atoms with Gasteiger partial charge in [0.15, 0.2) is 0 Å². The van der Waals surface area contributed by atoms with Crippen LogP contribution < -0.4 is 10.1 Å². The third-order valence-electron chi connectivity index (χ3n) is 3.84. The van der Waals surface area contributed by atoms with E-state index in [2.05, 4.69) is 49.5 Å². The molecule has 106 valence electrons. The van der Waals surface area contributed by atoms with Crippen LogP contribution in [0.25, 0.3) is 0 Å². The second-order valence-electron chi connectivity index (χ2n) is 5.20. The van der Waals surface area contributed by atoms with Gasteiger partial charge in [-0.15, -0.1) is 0 Å². The van der Waals surface area contributed by atoms with Crippen LogP contribution in [-0.4, -0.2) is 14.2 Å². The van der Waals surface area contributed by atoms with Gasteiger partial charge in [0, 0.05) is 6.04 Å². The van der Waals surface area contributed by atoms with Crippen molar-refractivity contribution in [1.82, 2.24) is 5.32 Å². The second kappa shape index (κ2) is 6.58. The summed E-state index contributed by atoms with van der Waals surface area (Å²) in [6.07, 6.45) is 0.978. The Hall–Kier alpha value is -1.80. The molecule has 0 saturated heterocycles. The lowest BCUT2D eigenvalue weighted by Crippen LogP contribution is -2.20. The summed E-state index contributed by atoms with van der Waals surface area (Å²) in [5.41, 5.74) is 5.41. The summed E-state index contributed by atoms with van der Waals surface area (Å²) in [5, 5.41) is 3.45. The molecule has 0 aliphatic carbocycles. The predicted octanol–water partition coefficient (Wildman–Crippen LogP) is 3.82. The quantitative estimate of drug-likeness (QED) is 0.891. The van der Waals surface area contributed by atoms with Crippen LogP contribution in [0.4, 0.5) is 0 Å². The van der Waals surface area contributed by atoms with Gasteiger partial charge in [0.05, 0.1) is 7.11 Å². The second-order valence-corrected chi connectivity index (χ2v) is 5.20. The fraction of sp³-hybridized carbons (Fsp3) is 0.333. The topological polar surface area (TPSA) is 21.3 Å². The van der Waals surface area contributed by atoms with Gasteiger partial charge >= 0.3 is 0 Å². The Morgan fingerprint density at radius 3 is 2.10 bits per heavy atom. The van der Waals surface area contributed by atoms with Gasteiger partial charge in [-0.25, -0.2) is 0 Å². The minimum absolute atomic E-state index is 0.338. The number of benzene rings is 2. The first-order chi connectivity index (χ1) is 9.65. The van der Waals surface area contributed by atoms with Crippen molar-refractivity contribution in [3.05, 3.63) is 64.7 Å². The molecule has 0 amide bonds. The van der Waals surface area contributed by atoms with Gasteiger partial charge < -0.3 is 10.1 Å². The summed E-state index contributed by atoms with van der Waals surface area (Å²) < 4.78 is 5.21. The third kappa shape index (κ3) is 3.20. The van der Waals surface area contributed by atoms with Gasteiger partial charge in [-0.05, 0) is 61.7 Å². The zero-order valence-electron chi connectivity index (χ0n) is 12.7. The number of likely N-dealkylation sites (N-methyl/N-ethyl adjacent to an activating group) is 1. The molecule has 0 heterocycles. The summed E-state index contributed by atoms with van der Waals surface area (Å²) in [6.45, 7) is 4.36. The summed E-state index contributed by atoms with van der Waals surface area (Å²) in [6, 6.07) is 15.1. The molecule has 0 spiro atoms. The van der Waals surface area contributed by atoms with Crippen LogP contribution in [0.15, 0.2) is 42.5 Å². The van der Waals surface area contributed by atoms with Crippen LogP contribution in [0.3, 0.4) is 0 Å². The molecule has 0 aliphatic heterocycles. The minimum atomic E-state index is 0.338. The Bertz CT molecular complexity index is 540. The maximum Gasteiger partial charge on any atom is 0.118 e. The Kier molecular flexibility index (Phi) is 4.80. The lowest BCUT2D eigenvalue weighted by molar-refractivity contribution is 0.414. The van der Waals surface area contributed by atoms with E-state index in [1.807, 2.05) is 19.2 Å². The summed E-state index contributed by atoms with van der Waals surface area (Å²) in [4.78, 5) is 0. The number of hydrogen-bond donors (Lipinski definition) is 1. The standard InChI is InChI=1S/C18H23NO/c1-13-6-5-7-14(2)18(13)17(19-3)12-15-8-10-16(20-4)11-9-15/h5-11,17,19H,12H2,1-4H3. The highest BCUT2D eigenvalue weighted by Gasteiger charge is 2.14. The molecule has 1 N–H and O–H groups in total. The summed E-state index contributed by atoms with van der Waals surface area (Å²) >= 11 is 0. The lowest BCUT2D eigenvalue weighted by atomic mass is 9.92. The van der Waals surface area contributed by atoms with Crippen molar-refractivity contribution in [2.24, 2.45) is 0 Å². The molecule has 20 heavy (non-hydrogen) atoms. The molecule has 2 aromatic rings. The predicted molar refractivity (Wildman–Crippen MR) is 84.4 cm³/mol. The Balaban J connectivity index is 2.24. The Morgan fingerprint density at radius 1 is 1.00 bits per heavy atom. The van der Waals surface area contributed by atoms with Crippen molar-refractivity contribution >= 4 is 0 Å². The van der Waals surface area contributed by atoms with Crippen molar-refractivity contribution < 1.29 is 4.74 Å². The molecule has 0 radical (unpaired) electrons. The van der Waals surface area contributed by atoms with Gasteiger partial charge in [-0.2, -0.15) is 0 Å². The van der Waals surface area contributed by atoms with E-state index in [-0.39, 0.29) is 0 Å². The average molecular weight is 269 g/mol. The van der Waals surface area contributed by atoms with Crippen LogP contribution >= 0.6 is 0 Å². The number of methoxy groups -OCH3 is 1. The highest BCUT2D eigenvalue weighted by atomic mass is 16.5. The zero-order chi connectivity index (χ0) is 14.5. The van der Waals surface area contributed by atoms with E-state index in [1.54, 1.807) is 7.11 Å². The van der Waals surface area contributed by atoms with E-state index in [0.717, 1.165) is 12.2 Å². The first-order valence-corrected chi connectivity index (χ1v) is 7.02. The Morgan fingerprint density at radius 2 is 1.60 bits per heavy atom. The van der Waals surface area contributed by atoms with E-state index in [1.165, 1.54) is 22.3 Å². The first-order valence-electron chi connectivity index (χ1n) is 7.02. The maximum atomic E-state index is 5.21. The van der Waals surface area contributed by atoms with E-state index in [4.69, 9.17) is 4.74 Å². The highest BCUT2D eigenvalue weighted by molar-refractivity contribution is 5.38. The van der Waals surface area contributed by atoms with Crippen molar-refractivity contribution in [3.8, 4) is 5.75 Å². The number of hydrogen-bond acceptors (Lipinski definition) is 2. The van der Waals surface area contributed by atoms with E-state index < -0.39 is 0 Å². The van der Waals surface area contributed by atoms with Gasteiger partial charge in [-0.1, -0.05) is 30.3 Å². The van der Waals surface area contributed by atoms with Crippen molar-refractivity contribution in [1.29, 1.82) is 0 Å². The molecule has 0 saturated carbocycles. The van der Waals surface area contributed by atoms with Crippen molar-refractivity contribution in [3.63, 3.8) is 0 Å². The van der Waals surface area contributed by atoms with Crippen LogP contribution in [0, 0.1) is 13.8 Å². The largest absolute Gasteiger partial charge is 0.497 e. The lowest BCUT2D eigenvalue weighted by Gasteiger charge is -2.21. The van der Waals surface area contributed by atoms with Crippen molar-refractivity contribution in [2.75, 3.05) is 14.2 Å². The highest BCUT2D eigenvalue weighted by Crippen LogP contribution is 2.25. The SMILES string of the molecule is CNC(Cc1ccc(OC)cc1)c1c(C)cccc1C. The number of nitrogens with one attached hydrogen (secondary N) is 1. The normalized spacial score (nSPS) is 12.2. The van der Waals surface area contributed by atoms with Gasteiger partial charge in [0.25, 0.3) is 0 Å². The molecule has 0 aliphatic rings. The zero-order valence-corrected chi connectivity index (χ0v) is 12.7. The minimum Gasteiger partial charge on any atom is -0.497 e. The fourth-order valence-corrected chi connectivity index (χ4v) is 2.72. The van der Waals surface area contributed by atoms with E-state index in [0.29, 0.717) is 6.04 Å². The molecule has 0 aromatic heterocycles. The smallest absolute Gasteiger partial charge is 0.118 e. The molecular formula is C18H23NO. The van der Waals surface area contributed by atoms with Crippen LogP contribution in [0.5, 0.6) is 5.75 Å². The van der Waals surface area contributed by atoms with Crippen LogP contribution in [-0.2, 0) is 6.42 Å². The van der Waals surface area contributed by atoms with E-state index in [9.17, 15) is 0 Å². The molecular weight excluding hydrogens is 246 g/mol. The number of ether oxygens (including phenoxy) is 1. The molecule has 1 atom stereocenters. The monoisotopic (exact) mass is 269 g/mol. The van der Waals surface area contributed by atoms with Crippen LogP contribution in [0.2, 0.25) is 0 Å². The molecule has 2 aromatic carbocycles. The van der Waals surface area contributed by atoms with Crippen molar-refractivity contribution in [2.45, 2.75) is 26.3 Å². The average Bonchev–Trinajstić information content (AvgIpc) is 2.46. The van der Waals surface area contributed by atoms with Crippen LogP contribution in [0.1, 0.15) is 28.3 Å². The van der Waals surface area contributed by atoms with Gasteiger partial charge in [-0.3, -0.25) is 0 Å². The maximum absolute atomic E-state index is 5.21. The van der Waals surface area contributed by atoms with Gasteiger partial charge in [0.2, 0.25) is 0 Å². The molecule has 0 bridgehead atoms. The van der Waals surface area contributed by atoms with Gasteiger partial charge in [0.1, 0.15) is 5.75 Å². The molecule has 0 fully saturated rings. The molecule has 2 heteroatoms. The fourth-order valence-electron chi connectivity index (χ4n) is 2.72. The summed E-state index contributed by atoms with van der Waals surface area (Å²) in [7, 11) is 3.72. The Labute approximate surface area is 121 Å². The third-order valence-corrected chi connectivity index (χ3v) is 3.84. The number of aryl methyl sites for hydroxylation is 2. The molecule has 2 rings (SSSR count). The number of rotatable bonds is 5. The first kappa shape index (κ1) is 14.6.